The number of hydrogen-bond donors (Lipinski definition) is 0. The molecule has 0 radical (unpaired) electrons. The van der Waals surface area contributed by atoms with E-state index >= 15 is 0 Å². The van der Waals surface area contributed by atoms with E-state index in [4.69, 9.17) is 4.74 Å². The summed E-state index contributed by atoms with van der Waals surface area (Å²) in [6.07, 6.45) is -0.0937. The monoisotopic (exact) mass is 498 g/mol. The third-order valence-corrected chi connectivity index (χ3v) is 6.05. The first kappa shape index (κ1) is 25.7. The first-order chi connectivity index (χ1) is 15.7. The van der Waals surface area contributed by atoms with Gasteiger partial charge in [-0.25, -0.2) is 26.6 Å². The number of aromatic nitrogens is 2. The van der Waals surface area contributed by atoms with Crippen LogP contribution >= 0.6 is 11.8 Å². The van der Waals surface area contributed by atoms with Gasteiger partial charge in [-0.1, -0.05) is 41.1 Å². The molecule has 10 heteroatoms. The van der Waals surface area contributed by atoms with Gasteiger partial charge in [0.1, 0.15) is 0 Å². The van der Waals surface area contributed by atoms with E-state index in [1.54, 1.807) is 20.8 Å². The van der Waals surface area contributed by atoms with Crippen molar-refractivity contribution in [3.8, 4) is 5.88 Å². The Hall–Kier alpha value is -2.88. The maximum absolute atomic E-state index is 14.3. The Labute approximate surface area is 198 Å². The maximum atomic E-state index is 14.3. The minimum absolute atomic E-state index is 0.0353. The van der Waals surface area contributed by atoms with E-state index in [2.05, 4.69) is 5.10 Å². The Morgan fingerprint density at radius 1 is 0.882 bits per heavy atom. The minimum Gasteiger partial charge on any atom is -0.406 e. The number of esters is 1. The molecule has 0 saturated carbocycles. The molecule has 0 fully saturated rings. The molecular weight excluding hydrogens is 475 g/mol. The first-order valence-corrected chi connectivity index (χ1v) is 11.1. The van der Waals surface area contributed by atoms with Gasteiger partial charge in [0, 0.05) is 0 Å². The zero-order valence-corrected chi connectivity index (χ0v) is 20.3. The molecule has 0 spiro atoms. The van der Waals surface area contributed by atoms with E-state index in [0.29, 0.717) is 5.56 Å². The van der Waals surface area contributed by atoms with Crippen molar-refractivity contribution in [1.82, 2.24) is 9.78 Å². The van der Waals surface area contributed by atoms with Gasteiger partial charge in [-0.15, -0.1) is 0 Å². The molecule has 0 atom stereocenters. The molecule has 0 saturated heterocycles. The lowest BCUT2D eigenvalue weighted by atomic mass is 10.1. The Morgan fingerprint density at radius 2 is 1.38 bits per heavy atom. The molecule has 0 aliphatic carbocycles. The number of halogens is 5. The predicted molar refractivity (Wildman–Crippen MR) is 118 cm³/mol. The zero-order valence-electron chi connectivity index (χ0n) is 19.4. The minimum atomic E-state index is -2.25. The molecule has 0 aliphatic rings. The maximum Gasteiger partial charge on any atom is 0.317 e. The third kappa shape index (κ3) is 5.11. The van der Waals surface area contributed by atoms with Crippen molar-refractivity contribution in [3.63, 3.8) is 0 Å². The molecule has 34 heavy (non-hydrogen) atoms. The van der Waals surface area contributed by atoms with Crippen LogP contribution in [0.5, 0.6) is 5.88 Å². The number of ether oxygens (including phenoxy) is 1. The van der Waals surface area contributed by atoms with E-state index in [9.17, 15) is 26.7 Å². The Morgan fingerprint density at radius 3 is 1.88 bits per heavy atom. The summed E-state index contributed by atoms with van der Waals surface area (Å²) in [5, 5.41) is 4.30. The van der Waals surface area contributed by atoms with Crippen LogP contribution in [0, 0.1) is 49.9 Å². The number of aryl methyl sites for hydroxylation is 3. The van der Waals surface area contributed by atoms with Crippen LogP contribution in [-0.2, 0) is 16.8 Å². The fourth-order valence-corrected chi connectivity index (χ4v) is 4.38. The van der Waals surface area contributed by atoms with Gasteiger partial charge in [0.25, 0.3) is 0 Å². The summed E-state index contributed by atoms with van der Waals surface area (Å²) < 4.78 is 76.5. The van der Waals surface area contributed by atoms with Crippen molar-refractivity contribution in [1.29, 1.82) is 0 Å². The normalized spacial score (nSPS) is 11.7. The van der Waals surface area contributed by atoms with Gasteiger partial charge in [-0.2, -0.15) is 5.10 Å². The smallest absolute Gasteiger partial charge is 0.317 e. The number of rotatable bonds is 5. The van der Waals surface area contributed by atoms with Gasteiger partial charge in [-0.05, 0) is 47.1 Å². The topological polar surface area (TPSA) is 44.1 Å². The molecule has 0 bridgehead atoms. The van der Waals surface area contributed by atoms with Gasteiger partial charge in [0.05, 0.1) is 27.4 Å². The van der Waals surface area contributed by atoms with Crippen LogP contribution in [0.2, 0.25) is 0 Å². The lowest BCUT2D eigenvalue weighted by Gasteiger charge is -2.22. The molecule has 1 heterocycles. The average molecular weight is 499 g/mol. The molecule has 3 aromatic rings. The fraction of sp³-hybridized carbons (Fsp3) is 0.333. The Balaban J connectivity index is 2.05. The second-order valence-corrected chi connectivity index (χ2v) is 9.97. The van der Waals surface area contributed by atoms with E-state index < -0.39 is 45.5 Å². The number of hydrogen-bond acceptors (Lipinski definition) is 4. The molecule has 0 N–H and O–H groups in total. The molecule has 0 aliphatic heterocycles. The van der Waals surface area contributed by atoms with Crippen molar-refractivity contribution in [2.24, 2.45) is 0 Å². The van der Waals surface area contributed by atoms with Crippen molar-refractivity contribution < 1.29 is 31.5 Å². The standard InChI is InChI=1S/C24H23F5N2O2S/c1-11-7-12(2)9-14(8-11)10-15(32)33-23-21(13(3)30-31(23)24(4,5)6)34-22-19(28)17(26)16(25)18(27)20(22)29/h7-9H,10H2,1-6H3. The number of carbonyl (C=O) groups is 1. The summed E-state index contributed by atoms with van der Waals surface area (Å²) >= 11 is 0.264. The average Bonchev–Trinajstić information content (AvgIpc) is 3.02. The van der Waals surface area contributed by atoms with Crippen LogP contribution in [0.25, 0.3) is 0 Å². The Bertz CT molecular complexity index is 1230. The molecular formula is C24H23F5N2O2S. The molecule has 2 aromatic carbocycles. The van der Waals surface area contributed by atoms with E-state index in [1.165, 1.54) is 11.6 Å². The predicted octanol–water partition coefficient (Wildman–Crippen LogP) is 6.56. The highest BCUT2D eigenvalue weighted by molar-refractivity contribution is 7.99. The van der Waals surface area contributed by atoms with Crippen LogP contribution in [-0.4, -0.2) is 15.7 Å². The highest BCUT2D eigenvalue weighted by atomic mass is 32.2. The first-order valence-electron chi connectivity index (χ1n) is 10.3. The quantitative estimate of drug-likeness (QED) is 0.173. The van der Waals surface area contributed by atoms with E-state index in [0.717, 1.165) is 11.1 Å². The third-order valence-electron chi connectivity index (χ3n) is 4.81. The van der Waals surface area contributed by atoms with Crippen LogP contribution in [0.15, 0.2) is 28.0 Å². The second-order valence-electron chi connectivity index (χ2n) is 8.95. The number of benzene rings is 2. The Kier molecular flexibility index (Phi) is 7.12. The summed E-state index contributed by atoms with van der Waals surface area (Å²) in [6, 6.07) is 5.60. The molecule has 0 unspecified atom stereocenters. The van der Waals surface area contributed by atoms with Crippen molar-refractivity contribution in [2.75, 3.05) is 0 Å². The molecule has 0 amide bonds. The van der Waals surface area contributed by atoms with Crippen molar-refractivity contribution in [3.05, 3.63) is 69.7 Å². The summed E-state index contributed by atoms with van der Waals surface area (Å²) in [5.74, 6) is -11.1. The van der Waals surface area contributed by atoms with Crippen LogP contribution in [0.1, 0.15) is 43.2 Å². The molecule has 1 aromatic heterocycles. The van der Waals surface area contributed by atoms with E-state index in [-0.39, 0.29) is 34.7 Å². The summed E-state index contributed by atoms with van der Waals surface area (Å²) in [4.78, 5) is 11.6. The fourth-order valence-electron chi connectivity index (χ4n) is 3.41. The van der Waals surface area contributed by atoms with Crippen LogP contribution in [0.3, 0.4) is 0 Å². The molecule has 182 valence electrons. The summed E-state index contributed by atoms with van der Waals surface area (Å²) in [7, 11) is 0. The van der Waals surface area contributed by atoms with Crippen molar-refractivity contribution in [2.45, 2.75) is 63.3 Å². The lowest BCUT2D eigenvalue weighted by Crippen LogP contribution is -2.26. The van der Waals surface area contributed by atoms with Crippen molar-refractivity contribution >= 4 is 17.7 Å². The van der Waals surface area contributed by atoms with Gasteiger partial charge in [0.15, 0.2) is 23.3 Å². The second kappa shape index (κ2) is 9.40. The highest BCUT2D eigenvalue weighted by Crippen LogP contribution is 2.43. The van der Waals surface area contributed by atoms with E-state index in [1.807, 2.05) is 32.0 Å². The molecule has 4 nitrogen and oxygen atoms in total. The summed E-state index contributed by atoms with van der Waals surface area (Å²) in [6.45, 7) is 10.5. The van der Waals surface area contributed by atoms with Gasteiger partial charge < -0.3 is 4.74 Å². The van der Waals surface area contributed by atoms with Gasteiger partial charge in [-0.3, -0.25) is 4.79 Å². The SMILES string of the molecule is Cc1cc(C)cc(CC(=O)Oc2c(Sc3c(F)c(F)c(F)c(F)c3F)c(C)nn2C(C)(C)C)c1. The number of carbonyl (C=O) groups excluding carboxylic acids is 1. The summed E-state index contributed by atoms with van der Waals surface area (Å²) in [5.41, 5.74) is 2.09. The zero-order chi connectivity index (χ0) is 25.5. The largest absolute Gasteiger partial charge is 0.406 e. The van der Waals surface area contributed by atoms with Gasteiger partial charge in [0.2, 0.25) is 11.7 Å². The van der Waals surface area contributed by atoms with Crippen LogP contribution < -0.4 is 4.74 Å². The van der Waals surface area contributed by atoms with Gasteiger partial charge >= 0.3 is 5.97 Å². The number of nitrogens with zero attached hydrogens (tertiary/aromatic N) is 2. The highest BCUT2D eigenvalue weighted by Gasteiger charge is 2.32. The lowest BCUT2D eigenvalue weighted by molar-refractivity contribution is -0.134. The van der Waals surface area contributed by atoms with Crippen LogP contribution in [0.4, 0.5) is 22.0 Å². The molecule has 3 rings (SSSR count).